The highest BCUT2D eigenvalue weighted by molar-refractivity contribution is 6.00. The molecule has 0 aliphatic rings. The van der Waals surface area contributed by atoms with Crippen LogP contribution in [0.15, 0.2) is 61.1 Å². The first-order chi connectivity index (χ1) is 13.5. The highest BCUT2D eigenvalue weighted by atomic mass is 19.1. The van der Waals surface area contributed by atoms with Gasteiger partial charge in [0.25, 0.3) is 0 Å². The van der Waals surface area contributed by atoms with Crippen LogP contribution < -0.4 is 10.6 Å². The number of aromatic nitrogens is 3. The maximum Gasteiger partial charge on any atom is 0.323 e. The lowest BCUT2D eigenvalue weighted by molar-refractivity contribution is 0.262. The number of carbonyl (C=O) groups excluding carboxylic acids is 1. The number of benzene rings is 2. The van der Waals surface area contributed by atoms with Crippen LogP contribution in [-0.2, 0) is 0 Å². The fourth-order valence-electron chi connectivity index (χ4n) is 2.80. The first-order valence-corrected chi connectivity index (χ1v) is 8.43. The number of rotatable bonds is 3. The van der Waals surface area contributed by atoms with E-state index in [-0.39, 0.29) is 5.69 Å². The van der Waals surface area contributed by atoms with Crippen LogP contribution in [0.5, 0.6) is 0 Å². The third-order valence-corrected chi connectivity index (χ3v) is 4.14. The van der Waals surface area contributed by atoms with Crippen LogP contribution in [0.2, 0.25) is 0 Å². The Morgan fingerprint density at radius 3 is 2.61 bits per heavy atom. The van der Waals surface area contributed by atoms with E-state index in [1.54, 1.807) is 22.7 Å². The smallest absolute Gasteiger partial charge is 0.308 e. The molecule has 4 aromatic rings. The monoisotopic (exact) mass is 379 g/mol. The van der Waals surface area contributed by atoms with Gasteiger partial charge in [-0.3, -0.25) is 4.40 Å². The van der Waals surface area contributed by atoms with Crippen molar-refractivity contribution in [2.24, 2.45) is 0 Å². The van der Waals surface area contributed by atoms with Crippen LogP contribution in [0.4, 0.5) is 25.0 Å². The summed E-state index contributed by atoms with van der Waals surface area (Å²) in [5, 5.41) is 5.12. The van der Waals surface area contributed by atoms with E-state index in [0.717, 1.165) is 29.3 Å². The normalized spacial score (nSPS) is 10.8. The van der Waals surface area contributed by atoms with Gasteiger partial charge >= 0.3 is 6.03 Å². The second-order valence-electron chi connectivity index (χ2n) is 6.22. The second kappa shape index (κ2) is 7.07. The molecule has 8 heteroatoms. The summed E-state index contributed by atoms with van der Waals surface area (Å²) in [6.45, 7) is 1.84. The van der Waals surface area contributed by atoms with E-state index >= 15 is 0 Å². The van der Waals surface area contributed by atoms with E-state index in [9.17, 15) is 13.6 Å². The zero-order valence-electron chi connectivity index (χ0n) is 14.8. The fraction of sp³-hybridized carbons (Fsp3) is 0.0500. The van der Waals surface area contributed by atoms with Gasteiger partial charge in [-0.25, -0.2) is 23.5 Å². The molecule has 0 unspecified atom stereocenters. The molecule has 0 atom stereocenters. The zero-order chi connectivity index (χ0) is 19.7. The molecule has 0 fully saturated rings. The van der Waals surface area contributed by atoms with Crippen molar-refractivity contribution in [2.45, 2.75) is 6.92 Å². The number of carbonyl (C=O) groups is 1. The Balaban J connectivity index is 1.57. The number of halogens is 2. The number of aryl methyl sites for hydroxylation is 1. The lowest BCUT2D eigenvalue weighted by atomic mass is 10.1. The van der Waals surface area contributed by atoms with Crippen molar-refractivity contribution in [3.05, 3.63) is 78.3 Å². The zero-order valence-corrected chi connectivity index (χ0v) is 14.8. The molecule has 28 heavy (non-hydrogen) atoms. The third kappa shape index (κ3) is 3.66. The van der Waals surface area contributed by atoms with Gasteiger partial charge in [-0.2, -0.15) is 0 Å². The molecule has 2 heterocycles. The molecule has 140 valence electrons. The predicted molar refractivity (Wildman–Crippen MR) is 102 cm³/mol. The minimum atomic E-state index is -0.770. The Bertz CT molecular complexity index is 1140. The van der Waals surface area contributed by atoms with Crippen LogP contribution in [0.25, 0.3) is 17.0 Å². The number of nitrogens with one attached hydrogen (secondary N) is 2. The van der Waals surface area contributed by atoms with Crippen LogP contribution in [-0.4, -0.2) is 20.4 Å². The van der Waals surface area contributed by atoms with E-state index < -0.39 is 17.7 Å². The van der Waals surface area contributed by atoms with Gasteiger partial charge in [-0.05, 0) is 36.8 Å². The summed E-state index contributed by atoms with van der Waals surface area (Å²) in [5.41, 5.74) is 2.90. The number of amides is 2. The average Bonchev–Trinajstić information content (AvgIpc) is 3.06. The Labute approximate surface area is 158 Å². The van der Waals surface area contributed by atoms with Gasteiger partial charge in [0.2, 0.25) is 5.78 Å². The molecule has 2 aromatic heterocycles. The highest BCUT2D eigenvalue weighted by Gasteiger charge is 2.10. The number of imidazole rings is 1. The third-order valence-electron chi connectivity index (χ3n) is 4.14. The molecule has 0 saturated heterocycles. The molecule has 2 aromatic carbocycles. The fourth-order valence-corrected chi connectivity index (χ4v) is 2.80. The lowest BCUT2D eigenvalue weighted by Crippen LogP contribution is -2.20. The van der Waals surface area contributed by atoms with Gasteiger partial charge < -0.3 is 10.6 Å². The summed E-state index contributed by atoms with van der Waals surface area (Å²) in [5.74, 6) is -0.971. The second-order valence-corrected chi connectivity index (χ2v) is 6.22. The Kier molecular flexibility index (Phi) is 4.44. The number of hydrogen-bond donors (Lipinski definition) is 2. The molecule has 2 N–H and O–H groups in total. The van der Waals surface area contributed by atoms with Gasteiger partial charge in [0.1, 0.15) is 11.6 Å². The SMILES string of the molecule is Cc1ccc(-c2cn3cccnc3n2)cc1NC(=O)Nc1cc(F)cc(F)c1. The number of anilines is 2. The molecule has 0 bridgehead atoms. The average molecular weight is 379 g/mol. The Morgan fingerprint density at radius 1 is 1.07 bits per heavy atom. The first-order valence-electron chi connectivity index (χ1n) is 8.43. The van der Waals surface area contributed by atoms with Crippen molar-refractivity contribution in [3.8, 4) is 11.3 Å². The predicted octanol–water partition coefficient (Wildman–Crippen LogP) is 4.63. The van der Waals surface area contributed by atoms with Crippen molar-refractivity contribution in [1.82, 2.24) is 14.4 Å². The summed E-state index contributed by atoms with van der Waals surface area (Å²) >= 11 is 0. The van der Waals surface area contributed by atoms with E-state index in [0.29, 0.717) is 17.2 Å². The van der Waals surface area contributed by atoms with Crippen molar-refractivity contribution in [2.75, 3.05) is 10.6 Å². The van der Waals surface area contributed by atoms with Gasteiger partial charge in [0, 0.05) is 41.6 Å². The number of hydrogen-bond acceptors (Lipinski definition) is 3. The quantitative estimate of drug-likeness (QED) is 0.545. The lowest BCUT2D eigenvalue weighted by Gasteiger charge is -2.11. The molecular weight excluding hydrogens is 364 g/mol. The van der Waals surface area contributed by atoms with Gasteiger partial charge in [0.15, 0.2) is 0 Å². The summed E-state index contributed by atoms with van der Waals surface area (Å²) < 4.78 is 28.3. The molecule has 0 spiro atoms. The summed E-state index contributed by atoms with van der Waals surface area (Å²) in [6.07, 6.45) is 5.35. The Hall–Kier alpha value is -3.81. The summed E-state index contributed by atoms with van der Waals surface area (Å²) in [4.78, 5) is 20.9. The van der Waals surface area contributed by atoms with Crippen molar-refractivity contribution in [3.63, 3.8) is 0 Å². The van der Waals surface area contributed by atoms with E-state index in [4.69, 9.17) is 0 Å². The largest absolute Gasteiger partial charge is 0.323 e. The summed E-state index contributed by atoms with van der Waals surface area (Å²) in [7, 11) is 0. The Morgan fingerprint density at radius 2 is 1.86 bits per heavy atom. The standard InChI is InChI=1S/C20H15F2N5O/c1-12-3-4-13(18-11-27-6-2-5-23-19(27)25-18)7-17(12)26-20(28)24-16-9-14(21)8-15(22)10-16/h2-11H,1H3,(H2,24,26,28). The topological polar surface area (TPSA) is 71.3 Å². The first kappa shape index (κ1) is 17.6. The molecule has 4 rings (SSSR count). The minimum absolute atomic E-state index is 0.0234. The molecule has 6 nitrogen and oxygen atoms in total. The number of fused-ring (bicyclic) bond motifs is 1. The molecule has 0 aliphatic carbocycles. The molecule has 0 radical (unpaired) electrons. The van der Waals surface area contributed by atoms with Crippen LogP contribution >= 0.6 is 0 Å². The number of nitrogens with zero attached hydrogens (tertiary/aromatic N) is 3. The molecular formula is C20H15F2N5O. The van der Waals surface area contributed by atoms with E-state index in [2.05, 4.69) is 20.6 Å². The minimum Gasteiger partial charge on any atom is -0.308 e. The molecule has 0 saturated carbocycles. The van der Waals surface area contributed by atoms with Gasteiger partial charge in [-0.15, -0.1) is 0 Å². The van der Waals surface area contributed by atoms with Crippen LogP contribution in [0, 0.1) is 18.6 Å². The highest BCUT2D eigenvalue weighted by Crippen LogP contribution is 2.25. The number of urea groups is 1. The maximum atomic E-state index is 13.3. The van der Waals surface area contributed by atoms with Crippen LogP contribution in [0.1, 0.15) is 5.56 Å². The van der Waals surface area contributed by atoms with E-state index in [1.807, 2.05) is 31.5 Å². The molecule has 2 amide bonds. The van der Waals surface area contributed by atoms with Gasteiger partial charge in [-0.1, -0.05) is 12.1 Å². The van der Waals surface area contributed by atoms with E-state index in [1.165, 1.54) is 0 Å². The van der Waals surface area contributed by atoms with Crippen molar-refractivity contribution in [1.29, 1.82) is 0 Å². The van der Waals surface area contributed by atoms with Gasteiger partial charge in [0.05, 0.1) is 5.69 Å². The van der Waals surface area contributed by atoms with Crippen molar-refractivity contribution >= 4 is 23.2 Å². The van der Waals surface area contributed by atoms with Crippen LogP contribution in [0.3, 0.4) is 0 Å². The van der Waals surface area contributed by atoms with Crippen molar-refractivity contribution < 1.29 is 13.6 Å². The maximum absolute atomic E-state index is 13.3. The summed E-state index contributed by atoms with van der Waals surface area (Å²) in [6, 6.07) is 9.53. The molecule has 0 aliphatic heterocycles.